The lowest BCUT2D eigenvalue weighted by atomic mass is 10.1. The SMILES string of the molecule is CC(C)(C)N.C[SiH2][Si](C)(C)C. The standard InChI is InChI=1S/C4H11N.C4H14Si2/c1-4(2,3)5;1-5-6(2,3)4/h5H2,1-3H3;5H2,1-4H3. The molecule has 0 atom stereocenters. The molecule has 0 aromatic rings. The molecule has 0 aliphatic heterocycles. The second-order valence-corrected chi connectivity index (χ2v) is 19.6. The van der Waals surface area contributed by atoms with E-state index in [0.29, 0.717) is 9.04 Å². The van der Waals surface area contributed by atoms with Crippen LogP contribution in [0.5, 0.6) is 0 Å². The highest BCUT2D eigenvalue weighted by Crippen LogP contribution is 1.94. The van der Waals surface area contributed by atoms with Crippen LogP contribution in [0.1, 0.15) is 20.8 Å². The van der Waals surface area contributed by atoms with Crippen molar-refractivity contribution in [1.29, 1.82) is 0 Å². The summed E-state index contributed by atoms with van der Waals surface area (Å²) in [6.07, 6.45) is 0. The summed E-state index contributed by atoms with van der Waals surface area (Å²) in [5.74, 6) is 0. The second-order valence-electron chi connectivity index (χ2n) is 5.28. The first kappa shape index (κ1) is 13.9. The van der Waals surface area contributed by atoms with Crippen LogP contribution in [-0.2, 0) is 0 Å². The van der Waals surface area contributed by atoms with E-state index in [-0.39, 0.29) is 5.54 Å². The molecule has 0 heterocycles. The predicted molar refractivity (Wildman–Crippen MR) is 61.7 cm³/mol. The average Bonchev–Trinajstić information content (AvgIpc) is 1.59. The summed E-state index contributed by atoms with van der Waals surface area (Å²) in [4.78, 5) is 0. The Balaban J connectivity index is 0. The smallest absolute Gasteiger partial charge is 0.0307 e. The molecule has 0 bridgehead atoms. The van der Waals surface area contributed by atoms with E-state index in [0.717, 1.165) is 0 Å². The molecule has 0 aliphatic carbocycles. The summed E-state index contributed by atoms with van der Waals surface area (Å²) in [6.45, 7) is 15.6. The molecule has 0 aromatic heterocycles. The minimum atomic E-state index is -0.492. The van der Waals surface area contributed by atoms with E-state index in [1.165, 1.54) is 0 Å². The second kappa shape index (κ2) is 5.11. The third-order valence-corrected chi connectivity index (χ3v) is 9.55. The van der Waals surface area contributed by atoms with Crippen LogP contribution in [0.4, 0.5) is 0 Å². The van der Waals surface area contributed by atoms with E-state index in [1.54, 1.807) is 0 Å². The number of hydrogen-bond acceptors (Lipinski definition) is 1. The summed E-state index contributed by atoms with van der Waals surface area (Å²) < 4.78 is 0. The summed E-state index contributed by atoms with van der Waals surface area (Å²) >= 11 is 0. The molecule has 0 rings (SSSR count). The Kier molecular flexibility index (Phi) is 6.48. The highest BCUT2D eigenvalue weighted by molar-refractivity contribution is 7.22. The van der Waals surface area contributed by atoms with Crippen molar-refractivity contribution in [2.24, 2.45) is 5.73 Å². The maximum atomic E-state index is 5.35. The Morgan fingerprint density at radius 2 is 1.18 bits per heavy atom. The van der Waals surface area contributed by atoms with Gasteiger partial charge >= 0.3 is 0 Å². The molecule has 0 radical (unpaired) electrons. The molecule has 70 valence electrons. The lowest BCUT2D eigenvalue weighted by Crippen LogP contribution is -2.26. The van der Waals surface area contributed by atoms with E-state index in [1.807, 2.05) is 20.8 Å². The van der Waals surface area contributed by atoms with Crippen molar-refractivity contribution >= 4 is 16.6 Å². The van der Waals surface area contributed by atoms with Crippen molar-refractivity contribution in [3.63, 3.8) is 0 Å². The molecule has 0 aliphatic rings. The first-order valence-corrected chi connectivity index (χ1v) is 11.6. The molecule has 0 aromatic carbocycles. The molecule has 1 nitrogen and oxygen atoms in total. The maximum absolute atomic E-state index is 5.35. The fourth-order valence-electron chi connectivity index (χ4n) is 0. The van der Waals surface area contributed by atoms with Gasteiger partial charge in [-0.05, 0) is 20.8 Å². The van der Waals surface area contributed by atoms with Gasteiger partial charge in [-0.2, -0.15) is 0 Å². The van der Waals surface area contributed by atoms with Gasteiger partial charge in [-0.25, -0.2) is 0 Å². The van der Waals surface area contributed by atoms with Crippen LogP contribution in [0.25, 0.3) is 0 Å². The van der Waals surface area contributed by atoms with E-state index < -0.39 is 7.59 Å². The monoisotopic (exact) mass is 191 g/mol. The molecule has 11 heavy (non-hydrogen) atoms. The van der Waals surface area contributed by atoms with Crippen molar-refractivity contribution in [1.82, 2.24) is 0 Å². The van der Waals surface area contributed by atoms with E-state index >= 15 is 0 Å². The lowest BCUT2D eigenvalue weighted by molar-refractivity contribution is 0.580. The number of hydrogen-bond donors (Lipinski definition) is 1. The molecule has 3 heteroatoms. The van der Waals surface area contributed by atoms with Gasteiger partial charge in [-0.15, -0.1) is 0 Å². The highest BCUT2D eigenvalue weighted by Gasteiger charge is 2.07. The molecule has 0 spiro atoms. The van der Waals surface area contributed by atoms with Gasteiger partial charge < -0.3 is 5.73 Å². The lowest BCUT2D eigenvalue weighted by Gasteiger charge is -2.08. The highest BCUT2D eigenvalue weighted by atomic mass is 29.2. The van der Waals surface area contributed by atoms with Crippen molar-refractivity contribution in [2.75, 3.05) is 0 Å². The summed E-state index contributed by atoms with van der Waals surface area (Å²) in [7, 11) is -0.101. The third-order valence-electron chi connectivity index (χ3n) is 1.06. The molecular formula is C8H25NSi2. The quantitative estimate of drug-likeness (QED) is 0.628. The maximum Gasteiger partial charge on any atom is 0.0307 e. The fraction of sp³-hybridized carbons (Fsp3) is 1.00. The van der Waals surface area contributed by atoms with Gasteiger partial charge in [0.25, 0.3) is 0 Å². The number of rotatable bonds is 1. The van der Waals surface area contributed by atoms with Gasteiger partial charge in [-0.1, -0.05) is 26.2 Å². The summed E-state index contributed by atoms with van der Waals surface area (Å²) in [5, 5.41) is 0. The molecule has 2 N–H and O–H groups in total. The van der Waals surface area contributed by atoms with Crippen LogP contribution >= 0.6 is 0 Å². The Hall–Kier alpha value is 0.394. The molecule has 0 saturated carbocycles. The Labute approximate surface area is 75.4 Å². The summed E-state index contributed by atoms with van der Waals surface area (Å²) in [5.41, 5.74) is 5.35. The fourth-order valence-corrected chi connectivity index (χ4v) is 0. The van der Waals surface area contributed by atoms with Crippen LogP contribution in [0.2, 0.25) is 26.2 Å². The van der Waals surface area contributed by atoms with Crippen molar-refractivity contribution in [3.05, 3.63) is 0 Å². The van der Waals surface area contributed by atoms with Gasteiger partial charge in [0, 0.05) is 22.2 Å². The normalized spacial score (nSPS) is 13.1. The van der Waals surface area contributed by atoms with Crippen LogP contribution in [-0.4, -0.2) is 22.2 Å². The Morgan fingerprint density at radius 1 is 1.09 bits per heavy atom. The van der Waals surface area contributed by atoms with Gasteiger partial charge in [0.15, 0.2) is 0 Å². The van der Waals surface area contributed by atoms with Gasteiger partial charge in [0.1, 0.15) is 0 Å². The zero-order chi connectivity index (χ0) is 9.71. The average molecular weight is 191 g/mol. The van der Waals surface area contributed by atoms with Crippen molar-refractivity contribution in [2.45, 2.75) is 52.5 Å². The van der Waals surface area contributed by atoms with E-state index in [2.05, 4.69) is 26.2 Å². The first-order chi connectivity index (χ1) is 4.56. The third kappa shape index (κ3) is 63.6. The summed E-state index contributed by atoms with van der Waals surface area (Å²) in [6, 6.07) is 0. The minimum Gasteiger partial charge on any atom is -0.326 e. The van der Waals surface area contributed by atoms with Crippen molar-refractivity contribution < 1.29 is 0 Å². The Morgan fingerprint density at radius 3 is 1.18 bits per heavy atom. The van der Waals surface area contributed by atoms with Crippen LogP contribution < -0.4 is 5.73 Å². The van der Waals surface area contributed by atoms with Crippen LogP contribution in [0.3, 0.4) is 0 Å². The molecular weight excluding hydrogens is 166 g/mol. The van der Waals surface area contributed by atoms with Gasteiger partial charge in [-0.3, -0.25) is 0 Å². The Bertz CT molecular complexity index is 83.2. The van der Waals surface area contributed by atoms with E-state index in [9.17, 15) is 0 Å². The van der Waals surface area contributed by atoms with E-state index in [4.69, 9.17) is 5.73 Å². The zero-order valence-electron chi connectivity index (χ0n) is 9.28. The molecule has 0 amide bonds. The number of nitrogens with two attached hydrogens (primary N) is 1. The topological polar surface area (TPSA) is 26.0 Å². The molecule has 0 fully saturated rings. The molecule has 0 unspecified atom stereocenters. The minimum absolute atomic E-state index is 0. The van der Waals surface area contributed by atoms with Crippen LogP contribution in [0.15, 0.2) is 0 Å². The van der Waals surface area contributed by atoms with Gasteiger partial charge in [0.2, 0.25) is 0 Å². The van der Waals surface area contributed by atoms with Crippen molar-refractivity contribution in [3.8, 4) is 0 Å². The van der Waals surface area contributed by atoms with Crippen LogP contribution in [0, 0.1) is 0 Å². The zero-order valence-corrected chi connectivity index (χ0v) is 11.7. The molecule has 0 saturated heterocycles. The largest absolute Gasteiger partial charge is 0.326 e. The van der Waals surface area contributed by atoms with Gasteiger partial charge in [0.05, 0.1) is 0 Å². The predicted octanol–water partition coefficient (Wildman–Crippen LogP) is 1.78. The first-order valence-electron chi connectivity index (χ1n) is 4.35.